The van der Waals surface area contributed by atoms with E-state index in [-0.39, 0.29) is 5.91 Å². The molecule has 1 aromatic carbocycles. The molecule has 0 aliphatic carbocycles. The Balaban J connectivity index is 1.75. The second-order valence-electron chi connectivity index (χ2n) is 5.48. The summed E-state index contributed by atoms with van der Waals surface area (Å²) in [5.74, 6) is 0.149. The smallest absolute Gasteiger partial charge is 0.220 e. The molecule has 0 spiro atoms. The SMILES string of the molecule is CCCCCCCC(=O)NCc1cccc(-c2nccs2)c1. The summed E-state index contributed by atoms with van der Waals surface area (Å²) in [6.45, 7) is 2.79. The Labute approximate surface area is 136 Å². The number of nitrogens with one attached hydrogen (secondary N) is 1. The fourth-order valence-corrected chi connectivity index (χ4v) is 2.99. The molecular weight excluding hydrogens is 292 g/mol. The Morgan fingerprint density at radius 2 is 2.09 bits per heavy atom. The van der Waals surface area contributed by atoms with E-state index in [1.165, 1.54) is 19.3 Å². The van der Waals surface area contributed by atoms with Gasteiger partial charge in [-0.1, -0.05) is 50.8 Å². The van der Waals surface area contributed by atoms with Crippen LogP contribution in [-0.4, -0.2) is 10.9 Å². The van der Waals surface area contributed by atoms with Crippen molar-refractivity contribution in [2.75, 3.05) is 0 Å². The van der Waals surface area contributed by atoms with Crippen LogP contribution in [0.3, 0.4) is 0 Å². The topological polar surface area (TPSA) is 42.0 Å². The van der Waals surface area contributed by atoms with E-state index in [0.29, 0.717) is 13.0 Å². The number of carbonyl (C=O) groups is 1. The Morgan fingerprint density at radius 1 is 1.23 bits per heavy atom. The molecule has 0 aliphatic rings. The van der Waals surface area contributed by atoms with Gasteiger partial charge in [0.1, 0.15) is 5.01 Å². The summed E-state index contributed by atoms with van der Waals surface area (Å²) in [5.41, 5.74) is 2.23. The van der Waals surface area contributed by atoms with Crippen LogP contribution in [0.4, 0.5) is 0 Å². The minimum Gasteiger partial charge on any atom is -0.352 e. The average Bonchev–Trinajstić information content (AvgIpc) is 3.07. The van der Waals surface area contributed by atoms with Gasteiger partial charge in [0.05, 0.1) is 0 Å². The molecule has 0 saturated heterocycles. The number of nitrogens with zero attached hydrogens (tertiary/aromatic N) is 1. The first-order valence-corrected chi connectivity index (χ1v) is 8.93. The second kappa shape index (κ2) is 9.36. The Bertz CT molecular complexity index is 566. The summed E-state index contributed by atoms with van der Waals surface area (Å²) in [7, 11) is 0. The fraction of sp³-hybridized carbons (Fsp3) is 0.444. The lowest BCUT2D eigenvalue weighted by molar-refractivity contribution is -0.121. The predicted octanol–water partition coefficient (Wildman–Crippen LogP) is 4.79. The second-order valence-corrected chi connectivity index (χ2v) is 6.37. The lowest BCUT2D eigenvalue weighted by Gasteiger charge is -2.06. The van der Waals surface area contributed by atoms with Crippen LogP contribution in [-0.2, 0) is 11.3 Å². The van der Waals surface area contributed by atoms with E-state index < -0.39 is 0 Å². The van der Waals surface area contributed by atoms with Crippen LogP contribution in [0.2, 0.25) is 0 Å². The first kappa shape index (κ1) is 16.7. The van der Waals surface area contributed by atoms with Crippen LogP contribution in [0.5, 0.6) is 0 Å². The molecule has 0 fully saturated rings. The Hall–Kier alpha value is -1.68. The van der Waals surface area contributed by atoms with Crippen molar-refractivity contribution in [2.45, 2.75) is 52.0 Å². The van der Waals surface area contributed by atoms with E-state index in [4.69, 9.17) is 0 Å². The molecule has 0 aliphatic heterocycles. The van der Waals surface area contributed by atoms with Crippen LogP contribution in [0.25, 0.3) is 10.6 Å². The lowest BCUT2D eigenvalue weighted by Crippen LogP contribution is -2.22. The molecule has 1 heterocycles. The van der Waals surface area contributed by atoms with Crippen molar-refractivity contribution in [3.05, 3.63) is 41.4 Å². The third kappa shape index (κ3) is 5.60. The molecular formula is C18H24N2OS. The van der Waals surface area contributed by atoms with Gasteiger partial charge in [0.15, 0.2) is 0 Å². The molecule has 1 N–H and O–H groups in total. The van der Waals surface area contributed by atoms with Gasteiger partial charge in [-0.3, -0.25) is 4.79 Å². The van der Waals surface area contributed by atoms with Gasteiger partial charge in [-0.05, 0) is 18.1 Å². The van der Waals surface area contributed by atoms with Crippen LogP contribution in [0.1, 0.15) is 51.0 Å². The zero-order chi connectivity index (χ0) is 15.6. The summed E-state index contributed by atoms with van der Waals surface area (Å²) in [4.78, 5) is 16.2. The number of amides is 1. The summed E-state index contributed by atoms with van der Waals surface area (Å²) >= 11 is 1.63. The summed E-state index contributed by atoms with van der Waals surface area (Å²) < 4.78 is 0. The van der Waals surface area contributed by atoms with E-state index in [2.05, 4.69) is 29.4 Å². The highest BCUT2D eigenvalue weighted by molar-refractivity contribution is 7.13. The van der Waals surface area contributed by atoms with Crippen LogP contribution in [0.15, 0.2) is 35.8 Å². The van der Waals surface area contributed by atoms with Crippen molar-refractivity contribution in [1.82, 2.24) is 10.3 Å². The molecule has 3 nitrogen and oxygen atoms in total. The van der Waals surface area contributed by atoms with Gasteiger partial charge in [-0.2, -0.15) is 0 Å². The number of carbonyl (C=O) groups excluding carboxylic acids is 1. The highest BCUT2D eigenvalue weighted by atomic mass is 32.1. The molecule has 0 bridgehead atoms. The maximum Gasteiger partial charge on any atom is 0.220 e. The van der Waals surface area contributed by atoms with Gasteiger partial charge in [0.2, 0.25) is 5.91 Å². The Morgan fingerprint density at radius 3 is 2.86 bits per heavy atom. The summed E-state index contributed by atoms with van der Waals surface area (Å²) in [6, 6.07) is 8.21. The van der Waals surface area contributed by atoms with E-state index in [1.54, 1.807) is 11.3 Å². The maximum atomic E-state index is 11.8. The lowest BCUT2D eigenvalue weighted by atomic mass is 10.1. The largest absolute Gasteiger partial charge is 0.352 e. The minimum atomic E-state index is 0.149. The van der Waals surface area contributed by atoms with E-state index >= 15 is 0 Å². The molecule has 4 heteroatoms. The van der Waals surface area contributed by atoms with E-state index in [1.807, 2.05) is 23.7 Å². The van der Waals surface area contributed by atoms with Crippen LogP contribution < -0.4 is 5.32 Å². The quantitative estimate of drug-likeness (QED) is 0.676. The molecule has 0 radical (unpaired) electrons. The number of unbranched alkanes of at least 4 members (excludes halogenated alkanes) is 4. The fourth-order valence-electron chi connectivity index (χ4n) is 2.36. The molecule has 118 valence electrons. The van der Waals surface area contributed by atoms with Crippen molar-refractivity contribution < 1.29 is 4.79 Å². The van der Waals surface area contributed by atoms with Gasteiger partial charge >= 0.3 is 0 Å². The zero-order valence-electron chi connectivity index (χ0n) is 13.2. The normalized spacial score (nSPS) is 10.6. The molecule has 0 unspecified atom stereocenters. The van der Waals surface area contributed by atoms with Crippen molar-refractivity contribution in [1.29, 1.82) is 0 Å². The van der Waals surface area contributed by atoms with Gasteiger partial charge in [0.25, 0.3) is 0 Å². The molecule has 2 rings (SSSR count). The van der Waals surface area contributed by atoms with Gasteiger partial charge in [-0.25, -0.2) is 4.98 Å². The number of benzene rings is 1. The average molecular weight is 316 g/mol. The van der Waals surface area contributed by atoms with E-state index in [0.717, 1.165) is 29.0 Å². The highest BCUT2D eigenvalue weighted by Gasteiger charge is 2.04. The first-order valence-electron chi connectivity index (χ1n) is 8.05. The number of hydrogen-bond donors (Lipinski definition) is 1. The zero-order valence-corrected chi connectivity index (χ0v) is 14.0. The molecule has 0 saturated carbocycles. The highest BCUT2D eigenvalue weighted by Crippen LogP contribution is 2.22. The number of rotatable bonds is 9. The van der Waals surface area contributed by atoms with Gasteiger partial charge in [0, 0.05) is 30.1 Å². The number of thiazole rings is 1. The van der Waals surface area contributed by atoms with Crippen molar-refractivity contribution >= 4 is 17.2 Å². The van der Waals surface area contributed by atoms with Gasteiger partial charge in [-0.15, -0.1) is 11.3 Å². The third-order valence-corrected chi connectivity index (χ3v) is 4.43. The maximum absolute atomic E-state index is 11.8. The molecule has 1 amide bonds. The van der Waals surface area contributed by atoms with Crippen molar-refractivity contribution in [3.63, 3.8) is 0 Å². The molecule has 22 heavy (non-hydrogen) atoms. The Kier molecular flexibility index (Phi) is 7.10. The molecule has 0 atom stereocenters. The summed E-state index contributed by atoms with van der Waals surface area (Å²) in [5, 5.41) is 6.00. The molecule has 2 aromatic rings. The summed E-state index contributed by atoms with van der Waals surface area (Å²) in [6.07, 6.45) is 8.33. The predicted molar refractivity (Wildman–Crippen MR) is 92.8 cm³/mol. The van der Waals surface area contributed by atoms with Crippen molar-refractivity contribution in [3.8, 4) is 10.6 Å². The van der Waals surface area contributed by atoms with Crippen molar-refractivity contribution in [2.24, 2.45) is 0 Å². The van der Waals surface area contributed by atoms with Crippen LogP contribution >= 0.6 is 11.3 Å². The number of hydrogen-bond acceptors (Lipinski definition) is 3. The van der Waals surface area contributed by atoms with E-state index in [9.17, 15) is 4.79 Å². The molecule has 1 aromatic heterocycles. The van der Waals surface area contributed by atoms with Crippen LogP contribution in [0, 0.1) is 0 Å². The monoisotopic (exact) mass is 316 g/mol. The standard InChI is InChI=1S/C18H24N2OS/c1-2-3-4-5-6-10-17(21)20-14-15-8-7-9-16(13-15)18-19-11-12-22-18/h7-9,11-13H,2-6,10,14H2,1H3,(H,20,21). The third-order valence-electron chi connectivity index (χ3n) is 3.60. The first-order chi connectivity index (χ1) is 10.8. The number of aromatic nitrogens is 1. The minimum absolute atomic E-state index is 0.149. The van der Waals surface area contributed by atoms with Gasteiger partial charge < -0.3 is 5.32 Å².